The molecule has 0 saturated heterocycles. The second-order valence-corrected chi connectivity index (χ2v) is 4.60. The summed E-state index contributed by atoms with van der Waals surface area (Å²) in [5.41, 5.74) is 7.34. The van der Waals surface area contributed by atoms with Gasteiger partial charge in [0.25, 0.3) is 0 Å². The molecule has 1 atom stereocenters. The summed E-state index contributed by atoms with van der Waals surface area (Å²) < 4.78 is 5.07. The van der Waals surface area contributed by atoms with E-state index < -0.39 is 0 Å². The van der Waals surface area contributed by atoms with Gasteiger partial charge in [0.05, 0.1) is 12.2 Å². The molecule has 96 valence electrons. The van der Waals surface area contributed by atoms with Crippen molar-refractivity contribution < 1.29 is 9.32 Å². The minimum atomic E-state index is 0.1000. The normalized spacial score (nSPS) is 12.5. The largest absolute Gasteiger partial charge is 0.361 e. The lowest BCUT2D eigenvalue weighted by atomic mass is 10.1. The minimum Gasteiger partial charge on any atom is -0.361 e. The first-order chi connectivity index (χ1) is 7.95. The van der Waals surface area contributed by atoms with Gasteiger partial charge < -0.3 is 15.2 Å². The molecule has 0 fully saturated rings. The van der Waals surface area contributed by atoms with Crippen molar-refractivity contribution in [3.63, 3.8) is 0 Å². The first-order valence-electron chi connectivity index (χ1n) is 5.81. The van der Waals surface area contributed by atoms with Crippen molar-refractivity contribution in [2.45, 2.75) is 33.7 Å². The minimum absolute atomic E-state index is 0.1000. The molecule has 1 amide bonds. The van der Waals surface area contributed by atoms with E-state index in [1.54, 1.807) is 11.9 Å². The van der Waals surface area contributed by atoms with E-state index in [0.717, 1.165) is 17.0 Å². The molecule has 1 unspecified atom stereocenters. The molecular formula is C12H21N3O2. The number of nitrogens with zero attached hydrogens (tertiary/aromatic N) is 2. The third-order valence-electron chi connectivity index (χ3n) is 2.93. The summed E-state index contributed by atoms with van der Waals surface area (Å²) in [6.45, 7) is 6.78. The van der Waals surface area contributed by atoms with Crippen LogP contribution >= 0.6 is 0 Å². The molecule has 1 aromatic heterocycles. The Morgan fingerprint density at radius 3 is 2.65 bits per heavy atom. The number of rotatable bonds is 5. The van der Waals surface area contributed by atoms with Crippen molar-refractivity contribution in [1.82, 2.24) is 10.1 Å². The molecule has 0 aliphatic rings. The van der Waals surface area contributed by atoms with Crippen LogP contribution in [-0.2, 0) is 11.3 Å². The number of amides is 1. The van der Waals surface area contributed by atoms with E-state index in [0.29, 0.717) is 19.5 Å². The number of aryl methyl sites for hydroxylation is 2. The molecule has 1 heterocycles. The standard InChI is InChI=1S/C12H21N3O2/c1-8(6-13)5-12(16)15(4)7-11-9(2)14-17-10(11)3/h8H,5-7,13H2,1-4H3. The van der Waals surface area contributed by atoms with Gasteiger partial charge in [0.15, 0.2) is 0 Å². The van der Waals surface area contributed by atoms with E-state index in [2.05, 4.69) is 5.16 Å². The maximum atomic E-state index is 11.9. The summed E-state index contributed by atoms with van der Waals surface area (Å²) in [5, 5.41) is 3.87. The highest BCUT2D eigenvalue weighted by molar-refractivity contribution is 5.76. The lowest BCUT2D eigenvalue weighted by Crippen LogP contribution is -2.29. The number of carbonyl (C=O) groups is 1. The van der Waals surface area contributed by atoms with Crippen molar-refractivity contribution in [3.8, 4) is 0 Å². The van der Waals surface area contributed by atoms with Crippen molar-refractivity contribution in [2.75, 3.05) is 13.6 Å². The molecule has 5 nitrogen and oxygen atoms in total. The summed E-state index contributed by atoms with van der Waals surface area (Å²) in [6.07, 6.45) is 0.483. The number of nitrogens with two attached hydrogens (primary N) is 1. The van der Waals surface area contributed by atoms with Crippen LogP contribution in [0, 0.1) is 19.8 Å². The number of carbonyl (C=O) groups excluding carboxylic acids is 1. The lowest BCUT2D eigenvalue weighted by Gasteiger charge is -2.18. The SMILES string of the molecule is Cc1noc(C)c1CN(C)C(=O)CC(C)CN. The van der Waals surface area contributed by atoms with Crippen LogP contribution in [0.2, 0.25) is 0 Å². The topological polar surface area (TPSA) is 72.4 Å². The third kappa shape index (κ3) is 3.56. The maximum absolute atomic E-state index is 11.9. The molecular weight excluding hydrogens is 218 g/mol. The third-order valence-corrected chi connectivity index (χ3v) is 2.93. The molecule has 0 bridgehead atoms. The molecule has 5 heteroatoms. The predicted molar refractivity (Wildman–Crippen MR) is 65.3 cm³/mol. The Balaban J connectivity index is 2.60. The smallest absolute Gasteiger partial charge is 0.222 e. The van der Waals surface area contributed by atoms with Gasteiger partial charge in [-0.25, -0.2) is 0 Å². The zero-order valence-corrected chi connectivity index (χ0v) is 11.0. The van der Waals surface area contributed by atoms with Crippen molar-refractivity contribution in [2.24, 2.45) is 11.7 Å². The van der Waals surface area contributed by atoms with Crippen molar-refractivity contribution in [3.05, 3.63) is 17.0 Å². The Morgan fingerprint density at radius 2 is 2.18 bits per heavy atom. The summed E-state index contributed by atoms with van der Waals surface area (Å²) in [6, 6.07) is 0. The second-order valence-electron chi connectivity index (χ2n) is 4.60. The number of aromatic nitrogens is 1. The maximum Gasteiger partial charge on any atom is 0.222 e. The van der Waals surface area contributed by atoms with Crippen LogP contribution in [0.4, 0.5) is 0 Å². The fourth-order valence-electron chi connectivity index (χ4n) is 1.59. The summed E-state index contributed by atoms with van der Waals surface area (Å²) in [4.78, 5) is 13.6. The Morgan fingerprint density at radius 1 is 1.53 bits per heavy atom. The van der Waals surface area contributed by atoms with Gasteiger partial charge in [0.1, 0.15) is 5.76 Å². The van der Waals surface area contributed by atoms with Crippen molar-refractivity contribution >= 4 is 5.91 Å². The molecule has 1 rings (SSSR count). The Bertz CT molecular complexity index is 368. The van der Waals surface area contributed by atoms with Gasteiger partial charge in [-0.3, -0.25) is 4.79 Å². The van der Waals surface area contributed by atoms with E-state index >= 15 is 0 Å². The molecule has 0 saturated carbocycles. The molecule has 0 aromatic carbocycles. The fraction of sp³-hybridized carbons (Fsp3) is 0.667. The van der Waals surface area contributed by atoms with Crippen LogP contribution < -0.4 is 5.73 Å². The molecule has 17 heavy (non-hydrogen) atoms. The number of hydrogen-bond donors (Lipinski definition) is 1. The Labute approximate surface area is 102 Å². The van der Waals surface area contributed by atoms with E-state index in [4.69, 9.17) is 10.3 Å². The number of hydrogen-bond acceptors (Lipinski definition) is 4. The van der Waals surface area contributed by atoms with Gasteiger partial charge in [-0.1, -0.05) is 12.1 Å². The van der Waals surface area contributed by atoms with Crippen LogP contribution in [0.25, 0.3) is 0 Å². The predicted octanol–water partition coefficient (Wildman–Crippen LogP) is 1.23. The summed E-state index contributed by atoms with van der Waals surface area (Å²) in [5.74, 6) is 1.09. The van der Waals surface area contributed by atoms with Gasteiger partial charge in [0.2, 0.25) is 5.91 Å². The molecule has 0 radical (unpaired) electrons. The molecule has 0 aliphatic carbocycles. The van der Waals surface area contributed by atoms with E-state index in [9.17, 15) is 4.79 Å². The molecule has 0 spiro atoms. The van der Waals surface area contributed by atoms with Gasteiger partial charge in [0, 0.05) is 19.0 Å². The van der Waals surface area contributed by atoms with E-state index in [1.807, 2.05) is 20.8 Å². The quantitative estimate of drug-likeness (QED) is 0.839. The van der Waals surface area contributed by atoms with Gasteiger partial charge in [-0.15, -0.1) is 0 Å². The molecule has 2 N–H and O–H groups in total. The highest BCUT2D eigenvalue weighted by Gasteiger charge is 2.16. The van der Waals surface area contributed by atoms with E-state index in [-0.39, 0.29) is 11.8 Å². The summed E-state index contributed by atoms with van der Waals surface area (Å²) >= 11 is 0. The van der Waals surface area contributed by atoms with Crippen LogP contribution in [0.3, 0.4) is 0 Å². The first-order valence-corrected chi connectivity index (χ1v) is 5.81. The average Bonchev–Trinajstić information content (AvgIpc) is 2.60. The first kappa shape index (κ1) is 13.7. The highest BCUT2D eigenvalue weighted by Crippen LogP contribution is 2.15. The average molecular weight is 239 g/mol. The van der Waals surface area contributed by atoms with E-state index in [1.165, 1.54) is 0 Å². The Kier molecular flexibility index (Phi) is 4.69. The highest BCUT2D eigenvalue weighted by atomic mass is 16.5. The summed E-state index contributed by atoms with van der Waals surface area (Å²) in [7, 11) is 1.79. The monoisotopic (exact) mass is 239 g/mol. The van der Waals surface area contributed by atoms with Crippen molar-refractivity contribution in [1.29, 1.82) is 0 Å². The zero-order chi connectivity index (χ0) is 13.0. The zero-order valence-electron chi connectivity index (χ0n) is 11.0. The fourth-order valence-corrected chi connectivity index (χ4v) is 1.59. The van der Waals surface area contributed by atoms with Gasteiger partial charge >= 0.3 is 0 Å². The van der Waals surface area contributed by atoms with Gasteiger partial charge in [-0.2, -0.15) is 0 Å². The molecule has 0 aliphatic heterocycles. The molecule has 1 aromatic rings. The lowest BCUT2D eigenvalue weighted by molar-refractivity contribution is -0.131. The van der Waals surface area contributed by atoms with Crippen LogP contribution in [0.15, 0.2) is 4.52 Å². The Hall–Kier alpha value is -1.36. The van der Waals surface area contributed by atoms with Crippen LogP contribution in [-0.4, -0.2) is 29.6 Å². The second kappa shape index (κ2) is 5.82. The van der Waals surface area contributed by atoms with Crippen LogP contribution in [0.5, 0.6) is 0 Å². The van der Waals surface area contributed by atoms with Crippen LogP contribution in [0.1, 0.15) is 30.4 Å². The van der Waals surface area contributed by atoms with Gasteiger partial charge in [-0.05, 0) is 26.3 Å².